The summed E-state index contributed by atoms with van der Waals surface area (Å²) in [5.74, 6) is 1.14. The van der Waals surface area contributed by atoms with Gasteiger partial charge in [0.15, 0.2) is 0 Å². The maximum Gasteiger partial charge on any atom is 0.222 e. The van der Waals surface area contributed by atoms with E-state index in [2.05, 4.69) is 15.3 Å². The fourth-order valence-electron chi connectivity index (χ4n) is 2.84. The lowest BCUT2D eigenvalue weighted by atomic mass is 10.0. The number of fused-ring (bicyclic) bond motifs is 1. The summed E-state index contributed by atoms with van der Waals surface area (Å²) in [5.41, 5.74) is 1.45. The van der Waals surface area contributed by atoms with Crippen molar-refractivity contribution in [2.45, 2.75) is 19.3 Å². The highest BCUT2D eigenvalue weighted by molar-refractivity contribution is 5.76. The number of likely N-dealkylation sites (N-methyl/N-ethyl adjacent to an activating group) is 1. The van der Waals surface area contributed by atoms with Crippen LogP contribution in [0.15, 0.2) is 18.2 Å². The molecule has 22 heavy (non-hydrogen) atoms. The van der Waals surface area contributed by atoms with Gasteiger partial charge in [-0.15, -0.1) is 0 Å². The zero-order valence-electron chi connectivity index (χ0n) is 12.7. The number of hydrogen-bond donors (Lipinski definition) is 2. The van der Waals surface area contributed by atoms with Crippen molar-refractivity contribution in [2.24, 2.45) is 5.92 Å². The fourth-order valence-corrected chi connectivity index (χ4v) is 2.84. The molecule has 2 aromatic rings. The van der Waals surface area contributed by atoms with Gasteiger partial charge in [0.1, 0.15) is 11.6 Å². The second kappa shape index (κ2) is 6.44. The van der Waals surface area contributed by atoms with Crippen LogP contribution in [0, 0.1) is 11.7 Å². The van der Waals surface area contributed by atoms with Crippen LogP contribution in [-0.2, 0) is 11.2 Å². The topological polar surface area (TPSA) is 61.0 Å². The van der Waals surface area contributed by atoms with Crippen molar-refractivity contribution in [3.8, 4) is 0 Å². The Bertz CT molecular complexity index is 663. The van der Waals surface area contributed by atoms with Gasteiger partial charge in [-0.1, -0.05) is 0 Å². The van der Waals surface area contributed by atoms with Gasteiger partial charge in [-0.3, -0.25) is 4.79 Å². The molecule has 1 aromatic carbocycles. The molecule has 6 heteroatoms. The summed E-state index contributed by atoms with van der Waals surface area (Å²) < 4.78 is 13.2. The van der Waals surface area contributed by atoms with Gasteiger partial charge in [-0.25, -0.2) is 9.37 Å². The molecule has 0 saturated carbocycles. The number of rotatable bonds is 5. The summed E-state index contributed by atoms with van der Waals surface area (Å²) in [5, 5.41) is 3.28. The SMILES string of the molecule is CN(CCc1nc2ccc(F)cc2[nH]1)C(=O)C[C@@H]1CCNC1. The van der Waals surface area contributed by atoms with Crippen LogP contribution in [0.25, 0.3) is 11.0 Å². The Hall–Kier alpha value is -1.95. The molecule has 0 aliphatic carbocycles. The van der Waals surface area contributed by atoms with E-state index in [1.807, 2.05) is 7.05 Å². The van der Waals surface area contributed by atoms with Crippen LogP contribution in [0.3, 0.4) is 0 Å². The van der Waals surface area contributed by atoms with Gasteiger partial charge in [0.2, 0.25) is 5.91 Å². The number of aromatic nitrogens is 2. The summed E-state index contributed by atoms with van der Waals surface area (Å²) >= 11 is 0. The Balaban J connectivity index is 1.54. The van der Waals surface area contributed by atoms with Crippen molar-refractivity contribution in [3.05, 3.63) is 29.8 Å². The molecule has 5 nitrogen and oxygen atoms in total. The molecular formula is C16H21FN4O. The van der Waals surface area contributed by atoms with E-state index >= 15 is 0 Å². The predicted octanol–water partition coefficient (Wildman–Crippen LogP) is 1.70. The van der Waals surface area contributed by atoms with Crippen LogP contribution in [0.4, 0.5) is 4.39 Å². The zero-order valence-corrected chi connectivity index (χ0v) is 12.7. The average Bonchev–Trinajstić information content (AvgIpc) is 3.13. The van der Waals surface area contributed by atoms with Crippen LogP contribution in [0.1, 0.15) is 18.7 Å². The third-order valence-electron chi connectivity index (χ3n) is 4.23. The van der Waals surface area contributed by atoms with Crippen molar-refractivity contribution in [1.29, 1.82) is 0 Å². The fraction of sp³-hybridized carbons (Fsp3) is 0.500. The minimum atomic E-state index is -0.278. The number of benzene rings is 1. The van der Waals surface area contributed by atoms with Crippen molar-refractivity contribution in [3.63, 3.8) is 0 Å². The molecule has 2 N–H and O–H groups in total. The molecule has 0 spiro atoms. The van der Waals surface area contributed by atoms with Gasteiger partial charge in [0, 0.05) is 26.4 Å². The summed E-state index contributed by atoms with van der Waals surface area (Å²) in [7, 11) is 1.83. The lowest BCUT2D eigenvalue weighted by Crippen LogP contribution is -2.31. The Morgan fingerprint density at radius 3 is 3.14 bits per heavy atom. The summed E-state index contributed by atoms with van der Waals surface area (Å²) in [6, 6.07) is 4.50. The largest absolute Gasteiger partial charge is 0.345 e. The third-order valence-corrected chi connectivity index (χ3v) is 4.23. The summed E-state index contributed by atoms with van der Waals surface area (Å²) in [6.07, 6.45) is 2.32. The van der Waals surface area contributed by atoms with E-state index in [-0.39, 0.29) is 11.7 Å². The first kappa shape index (κ1) is 15.0. The van der Waals surface area contributed by atoms with E-state index < -0.39 is 0 Å². The van der Waals surface area contributed by atoms with E-state index in [0.717, 1.165) is 30.9 Å². The maximum atomic E-state index is 13.2. The van der Waals surface area contributed by atoms with E-state index in [1.54, 1.807) is 11.0 Å². The molecule has 0 bridgehead atoms. The summed E-state index contributed by atoms with van der Waals surface area (Å²) in [4.78, 5) is 21.4. The molecule has 1 saturated heterocycles. The normalized spacial score (nSPS) is 18.0. The van der Waals surface area contributed by atoms with Gasteiger partial charge in [-0.2, -0.15) is 0 Å². The second-order valence-corrected chi connectivity index (χ2v) is 5.97. The zero-order chi connectivity index (χ0) is 15.5. The monoisotopic (exact) mass is 304 g/mol. The number of H-pyrrole nitrogens is 1. The van der Waals surface area contributed by atoms with E-state index in [9.17, 15) is 9.18 Å². The van der Waals surface area contributed by atoms with Crippen molar-refractivity contribution >= 4 is 16.9 Å². The molecule has 1 atom stereocenters. The highest BCUT2D eigenvalue weighted by atomic mass is 19.1. The number of nitrogens with one attached hydrogen (secondary N) is 2. The van der Waals surface area contributed by atoms with E-state index in [1.165, 1.54) is 12.1 Å². The molecule has 2 heterocycles. The van der Waals surface area contributed by atoms with Crippen molar-refractivity contribution in [2.75, 3.05) is 26.7 Å². The smallest absolute Gasteiger partial charge is 0.222 e. The van der Waals surface area contributed by atoms with Gasteiger partial charge in [-0.05, 0) is 43.6 Å². The Morgan fingerprint density at radius 1 is 1.50 bits per heavy atom. The average molecular weight is 304 g/mol. The van der Waals surface area contributed by atoms with Gasteiger partial charge in [0.05, 0.1) is 11.0 Å². The van der Waals surface area contributed by atoms with Gasteiger partial charge in [0.25, 0.3) is 0 Å². The molecule has 1 aliphatic heterocycles. The van der Waals surface area contributed by atoms with Crippen molar-refractivity contribution < 1.29 is 9.18 Å². The Kier molecular flexibility index (Phi) is 4.38. The molecular weight excluding hydrogens is 283 g/mol. The number of imidazole rings is 1. The van der Waals surface area contributed by atoms with E-state index in [4.69, 9.17) is 0 Å². The first-order chi connectivity index (χ1) is 10.6. The number of carbonyl (C=O) groups excluding carboxylic acids is 1. The molecule has 0 unspecified atom stereocenters. The first-order valence-electron chi connectivity index (χ1n) is 7.70. The Labute approximate surface area is 128 Å². The number of nitrogens with zero attached hydrogens (tertiary/aromatic N) is 2. The number of amides is 1. The standard InChI is InChI=1S/C16H21FN4O/c1-21(16(22)8-11-4-6-18-10-11)7-5-15-19-13-3-2-12(17)9-14(13)20-15/h2-3,9,11,18H,4-8,10H2,1H3,(H,19,20)/t11-/m0/s1. The molecule has 118 valence electrons. The number of hydrogen-bond acceptors (Lipinski definition) is 3. The van der Waals surface area contributed by atoms with Crippen LogP contribution < -0.4 is 5.32 Å². The molecule has 1 aromatic heterocycles. The number of carbonyl (C=O) groups is 1. The van der Waals surface area contributed by atoms with E-state index in [0.29, 0.717) is 30.8 Å². The van der Waals surface area contributed by atoms with Crippen LogP contribution in [0.2, 0.25) is 0 Å². The molecule has 3 rings (SSSR count). The molecule has 1 amide bonds. The third kappa shape index (κ3) is 3.44. The highest BCUT2D eigenvalue weighted by Gasteiger charge is 2.20. The quantitative estimate of drug-likeness (QED) is 0.884. The maximum absolute atomic E-state index is 13.2. The van der Waals surface area contributed by atoms with Crippen LogP contribution in [0.5, 0.6) is 0 Å². The molecule has 1 fully saturated rings. The highest BCUT2D eigenvalue weighted by Crippen LogP contribution is 2.15. The molecule has 0 radical (unpaired) electrons. The first-order valence-corrected chi connectivity index (χ1v) is 7.70. The minimum Gasteiger partial charge on any atom is -0.345 e. The predicted molar refractivity (Wildman–Crippen MR) is 83.0 cm³/mol. The molecule has 1 aliphatic rings. The lowest BCUT2D eigenvalue weighted by molar-refractivity contribution is -0.130. The number of aromatic amines is 1. The van der Waals surface area contributed by atoms with Crippen LogP contribution in [-0.4, -0.2) is 47.5 Å². The minimum absolute atomic E-state index is 0.177. The van der Waals surface area contributed by atoms with Gasteiger partial charge < -0.3 is 15.2 Å². The van der Waals surface area contributed by atoms with Crippen LogP contribution >= 0.6 is 0 Å². The second-order valence-electron chi connectivity index (χ2n) is 5.97. The van der Waals surface area contributed by atoms with Crippen molar-refractivity contribution in [1.82, 2.24) is 20.2 Å². The Morgan fingerprint density at radius 2 is 2.36 bits per heavy atom. The summed E-state index contributed by atoms with van der Waals surface area (Å²) in [6.45, 7) is 2.56. The number of halogens is 1. The lowest BCUT2D eigenvalue weighted by Gasteiger charge is -2.18. The van der Waals surface area contributed by atoms with Gasteiger partial charge >= 0.3 is 0 Å².